The molecule has 24 nitrogen and oxygen atoms in total. The van der Waals surface area contributed by atoms with Crippen LogP contribution in [-0.2, 0) is 145 Å². The van der Waals surface area contributed by atoms with Gasteiger partial charge in [-0.1, -0.05) is 239 Å². The standard InChI is InChI=1S/12C10H14O2.4Fe/c12*1-7(2)5-8-3-4-9(11)10(12)6-8;;;;/h12*3-4,6-7,11-12H,5H2,1-2H3;;;;. The Labute approximate surface area is 921 Å². The maximum Gasteiger partial charge on any atom is 0.157 e. The Bertz CT molecular complexity index is 4460. The Balaban J connectivity index is -0.000000762. The summed E-state index contributed by atoms with van der Waals surface area (Å²) in [6.45, 7) is 50.8. The molecule has 0 aliphatic heterocycles. The number of benzene rings is 12. The van der Waals surface area contributed by atoms with Crippen LogP contribution < -0.4 is 0 Å². The molecule has 0 bridgehead atoms. The average Bonchev–Trinajstić information content (AvgIpc) is 0.958. The van der Waals surface area contributed by atoms with Crippen LogP contribution in [0.5, 0.6) is 138 Å². The molecule has 0 aromatic heterocycles. The smallest absolute Gasteiger partial charge is 0.157 e. The molecule has 0 fully saturated rings. The van der Waals surface area contributed by atoms with Gasteiger partial charge in [0.15, 0.2) is 138 Å². The predicted octanol–water partition coefficient (Wildman–Crippen LogP) is 27.5. The fraction of sp³-hybridized carbons (Fsp3) is 0.400. The molecule has 24 N–H and O–H groups in total. The van der Waals surface area contributed by atoms with Gasteiger partial charge in [-0.15, -0.1) is 0 Å². The van der Waals surface area contributed by atoms with Crippen molar-refractivity contribution < 1.29 is 191 Å². The zero-order chi connectivity index (χ0) is 110. The van der Waals surface area contributed by atoms with Crippen molar-refractivity contribution in [3.8, 4) is 138 Å². The van der Waals surface area contributed by atoms with Crippen molar-refractivity contribution in [2.45, 2.75) is 243 Å². The van der Waals surface area contributed by atoms with E-state index in [2.05, 4.69) is 166 Å². The molecule has 0 spiro atoms. The van der Waals surface area contributed by atoms with E-state index in [4.69, 9.17) is 123 Å². The number of aromatic hydroxyl groups is 24. The summed E-state index contributed by atoms with van der Waals surface area (Å²) in [7, 11) is 0. The van der Waals surface area contributed by atoms with Crippen LogP contribution in [0.2, 0.25) is 0 Å². The van der Waals surface area contributed by atoms with Gasteiger partial charge in [-0.3, -0.25) is 0 Å². The van der Waals surface area contributed by atoms with E-state index in [1.807, 2.05) is 72.8 Å². The van der Waals surface area contributed by atoms with Gasteiger partial charge in [-0.2, -0.15) is 0 Å². The second kappa shape index (κ2) is 74.7. The van der Waals surface area contributed by atoms with Gasteiger partial charge in [0.2, 0.25) is 0 Å². The number of hydrogen-bond acceptors (Lipinski definition) is 24. The van der Waals surface area contributed by atoms with E-state index >= 15 is 0 Å². The molecule has 12 aromatic rings. The molecule has 0 amide bonds. The molecule has 12 rings (SSSR count). The molecule has 0 aliphatic rings. The van der Waals surface area contributed by atoms with Crippen molar-refractivity contribution in [3.05, 3.63) is 285 Å². The van der Waals surface area contributed by atoms with Crippen LogP contribution in [0.25, 0.3) is 0 Å². The van der Waals surface area contributed by atoms with E-state index in [-0.39, 0.29) is 206 Å². The summed E-state index contributed by atoms with van der Waals surface area (Å²) in [6, 6.07) is 59.5. The van der Waals surface area contributed by atoms with Gasteiger partial charge in [-0.05, 0) is 360 Å². The second-order valence-electron chi connectivity index (χ2n) is 41.1. The van der Waals surface area contributed by atoms with E-state index in [1.54, 1.807) is 72.8 Å². The van der Waals surface area contributed by atoms with Crippen molar-refractivity contribution in [1.82, 2.24) is 0 Å². The molecular formula is C120H168Fe4O24. The fourth-order valence-electron chi connectivity index (χ4n) is 14.0. The molecule has 28 heteroatoms. The first-order chi connectivity index (χ1) is 67.1. The van der Waals surface area contributed by atoms with Crippen LogP contribution in [0.15, 0.2) is 218 Å². The van der Waals surface area contributed by atoms with Crippen LogP contribution in [-0.4, -0.2) is 123 Å². The maximum atomic E-state index is 9.16. The summed E-state index contributed by atoms with van der Waals surface area (Å²) in [5.74, 6) is 5.72. The summed E-state index contributed by atoms with van der Waals surface area (Å²) < 4.78 is 0. The molecule has 0 radical (unpaired) electrons. The van der Waals surface area contributed by atoms with Crippen molar-refractivity contribution in [1.29, 1.82) is 0 Å². The van der Waals surface area contributed by atoms with Gasteiger partial charge >= 0.3 is 0 Å². The Morgan fingerprint density at radius 2 is 0.155 bits per heavy atom. The monoisotopic (exact) mass is 2220 g/mol. The summed E-state index contributed by atoms with van der Waals surface area (Å²) in [5, 5.41) is 218. The van der Waals surface area contributed by atoms with Gasteiger partial charge in [-0.25, -0.2) is 0 Å². The second-order valence-corrected chi connectivity index (χ2v) is 41.1. The van der Waals surface area contributed by atoms with Crippen LogP contribution in [0.3, 0.4) is 0 Å². The van der Waals surface area contributed by atoms with Crippen LogP contribution in [0, 0.1) is 71.0 Å². The van der Waals surface area contributed by atoms with E-state index in [0.717, 1.165) is 144 Å². The minimum absolute atomic E-state index is 0. The number of phenols is 24. The molecule has 12 aromatic carbocycles. The largest absolute Gasteiger partial charge is 0.504 e. The Kier molecular flexibility index (Phi) is 71.8. The van der Waals surface area contributed by atoms with Gasteiger partial charge in [0.05, 0.1) is 0 Å². The SMILES string of the molecule is CC(C)Cc1ccc(O)c(O)c1.CC(C)Cc1ccc(O)c(O)c1.CC(C)Cc1ccc(O)c(O)c1.CC(C)Cc1ccc(O)c(O)c1.CC(C)Cc1ccc(O)c(O)c1.CC(C)Cc1ccc(O)c(O)c1.CC(C)Cc1ccc(O)c(O)c1.CC(C)Cc1ccc(O)c(O)c1.CC(C)Cc1ccc(O)c(O)c1.CC(C)Cc1ccc(O)c(O)c1.CC(C)Cc1ccc(O)c(O)c1.CC(C)Cc1ccc(O)c(O)c1.[Fe].[Fe].[Fe].[Fe]. The predicted molar refractivity (Wildman–Crippen MR) is 580 cm³/mol. The molecule has 0 saturated carbocycles. The average molecular weight is 2220 g/mol. The maximum absolute atomic E-state index is 9.16. The third-order valence-electron chi connectivity index (χ3n) is 20.2. The summed E-state index contributed by atoms with van der Waals surface area (Å²) >= 11 is 0. The first kappa shape index (κ1) is 142. The first-order valence-corrected chi connectivity index (χ1v) is 49.2. The van der Waals surface area contributed by atoms with Crippen molar-refractivity contribution in [3.63, 3.8) is 0 Å². The summed E-state index contributed by atoms with van der Waals surface area (Å²) in [5.41, 5.74) is 12.7. The van der Waals surface area contributed by atoms with Crippen molar-refractivity contribution in [2.24, 2.45) is 71.0 Å². The molecule has 824 valence electrons. The van der Waals surface area contributed by atoms with E-state index in [9.17, 15) is 0 Å². The molecule has 0 saturated heterocycles. The normalized spacial score (nSPS) is 10.3. The van der Waals surface area contributed by atoms with Crippen LogP contribution >= 0.6 is 0 Å². The minimum Gasteiger partial charge on any atom is -0.504 e. The van der Waals surface area contributed by atoms with E-state index in [0.29, 0.717) is 71.0 Å². The number of hydrogen-bond donors (Lipinski definition) is 24. The zero-order valence-corrected chi connectivity index (χ0v) is 94.8. The Morgan fingerprint density at radius 3 is 0.196 bits per heavy atom. The van der Waals surface area contributed by atoms with Crippen molar-refractivity contribution in [2.75, 3.05) is 0 Å². The van der Waals surface area contributed by atoms with Gasteiger partial charge in [0, 0.05) is 68.3 Å². The Morgan fingerprint density at radius 1 is 0.101 bits per heavy atom. The number of phenolic OH excluding ortho intramolecular Hbond substituents is 24. The third kappa shape index (κ3) is 64.2. The minimum atomic E-state index is -0.0532. The zero-order valence-electron chi connectivity index (χ0n) is 90.3. The molecular weight excluding hydrogens is 2050 g/mol. The molecule has 0 atom stereocenters. The summed E-state index contributed by atoms with van der Waals surface area (Å²) in [6.07, 6.45) is 11.1. The Hall–Kier alpha value is -12.1. The number of rotatable bonds is 24. The van der Waals surface area contributed by atoms with E-state index in [1.165, 1.54) is 72.8 Å². The van der Waals surface area contributed by atoms with Gasteiger partial charge in [0.25, 0.3) is 0 Å². The van der Waals surface area contributed by atoms with Gasteiger partial charge in [0.1, 0.15) is 0 Å². The molecule has 148 heavy (non-hydrogen) atoms. The van der Waals surface area contributed by atoms with Crippen molar-refractivity contribution >= 4 is 0 Å². The first-order valence-electron chi connectivity index (χ1n) is 49.2. The summed E-state index contributed by atoms with van der Waals surface area (Å²) in [4.78, 5) is 0. The van der Waals surface area contributed by atoms with Gasteiger partial charge < -0.3 is 123 Å². The topological polar surface area (TPSA) is 486 Å². The van der Waals surface area contributed by atoms with Crippen LogP contribution in [0.4, 0.5) is 0 Å². The molecule has 0 heterocycles. The van der Waals surface area contributed by atoms with Crippen LogP contribution in [0.1, 0.15) is 233 Å². The molecule has 0 aliphatic carbocycles. The van der Waals surface area contributed by atoms with E-state index < -0.39 is 0 Å². The fourth-order valence-corrected chi connectivity index (χ4v) is 14.0. The third-order valence-corrected chi connectivity index (χ3v) is 20.2. The molecule has 0 unspecified atom stereocenters. The quantitative estimate of drug-likeness (QED) is 0.0197.